The van der Waals surface area contributed by atoms with Crippen LogP contribution in [-0.2, 0) is 6.54 Å². The van der Waals surface area contributed by atoms with Gasteiger partial charge in [0.05, 0.1) is 11.5 Å². The van der Waals surface area contributed by atoms with E-state index in [0.717, 1.165) is 5.56 Å². The van der Waals surface area contributed by atoms with Gasteiger partial charge in [0.1, 0.15) is 5.15 Å². The van der Waals surface area contributed by atoms with Crippen LogP contribution >= 0.6 is 23.2 Å². The highest BCUT2D eigenvalue weighted by molar-refractivity contribution is 6.31. The van der Waals surface area contributed by atoms with Crippen LogP contribution < -0.4 is 4.90 Å². The molecule has 6 nitrogen and oxygen atoms in total. The summed E-state index contributed by atoms with van der Waals surface area (Å²) in [7, 11) is 0. The van der Waals surface area contributed by atoms with Crippen molar-refractivity contribution in [1.29, 1.82) is 0 Å². The zero-order chi connectivity index (χ0) is 16.1. The maximum atomic E-state index is 11.2. The highest BCUT2D eigenvalue weighted by Crippen LogP contribution is 2.29. The van der Waals surface area contributed by atoms with Crippen molar-refractivity contribution in [1.82, 2.24) is 4.98 Å². The Morgan fingerprint density at radius 3 is 2.59 bits per heavy atom. The molecular formula is C14H13Cl2N3O3. The molecule has 0 atom stereocenters. The second-order valence-corrected chi connectivity index (χ2v) is 5.26. The third-order valence-corrected chi connectivity index (χ3v) is 3.58. The molecule has 2 rings (SSSR count). The second kappa shape index (κ2) is 7.40. The summed E-state index contributed by atoms with van der Waals surface area (Å²) in [4.78, 5) is 16.2. The van der Waals surface area contributed by atoms with Crippen molar-refractivity contribution in [3.8, 4) is 0 Å². The summed E-state index contributed by atoms with van der Waals surface area (Å²) >= 11 is 12.0. The van der Waals surface area contributed by atoms with Gasteiger partial charge in [-0.2, -0.15) is 0 Å². The fourth-order valence-electron chi connectivity index (χ4n) is 2.01. The van der Waals surface area contributed by atoms with Crippen molar-refractivity contribution in [2.24, 2.45) is 0 Å². The lowest BCUT2D eigenvalue weighted by molar-refractivity contribution is -0.384. The smallest absolute Gasteiger partial charge is 0.311 e. The molecule has 0 saturated heterocycles. The van der Waals surface area contributed by atoms with E-state index in [0.29, 0.717) is 5.02 Å². The second-order valence-electron chi connectivity index (χ2n) is 4.47. The van der Waals surface area contributed by atoms with Crippen LogP contribution in [0.4, 0.5) is 11.5 Å². The molecule has 0 aliphatic carbocycles. The number of pyridine rings is 1. The zero-order valence-electron chi connectivity index (χ0n) is 11.4. The molecule has 0 aliphatic rings. The Morgan fingerprint density at radius 1 is 1.23 bits per heavy atom. The largest absolute Gasteiger partial charge is 0.395 e. The number of nitrogens with zero attached hydrogens (tertiary/aromatic N) is 3. The van der Waals surface area contributed by atoms with Crippen molar-refractivity contribution >= 4 is 34.7 Å². The lowest BCUT2D eigenvalue weighted by atomic mass is 10.2. The number of aromatic nitrogens is 1. The van der Waals surface area contributed by atoms with E-state index in [4.69, 9.17) is 23.2 Å². The summed E-state index contributed by atoms with van der Waals surface area (Å²) in [6.07, 6.45) is 0. The summed E-state index contributed by atoms with van der Waals surface area (Å²) < 4.78 is 0. The predicted octanol–water partition coefficient (Wildman–Crippen LogP) is 3.30. The highest BCUT2D eigenvalue weighted by Gasteiger charge is 2.22. The summed E-state index contributed by atoms with van der Waals surface area (Å²) in [5.74, 6) is 0.103. The van der Waals surface area contributed by atoms with Crippen LogP contribution in [0, 0.1) is 10.1 Å². The number of anilines is 1. The number of aliphatic hydroxyl groups excluding tert-OH is 1. The summed E-state index contributed by atoms with van der Waals surface area (Å²) in [6.45, 7) is 0.254. The molecule has 0 unspecified atom stereocenters. The lowest BCUT2D eigenvalue weighted by Gasteiger charge is -2.23. The molecule has 1 heterocycles. The lowest BCUT2D eigenvalue weighted by Crippen LogP contribution is -2.28. The normalized spacial score (nSPS) is 10.5. The van der Waals surface area contributed by atoms with Gasteiger partial charge in [-0.1, -0.05) is 41.4 Å². The molecule has 0 bridgehead atoms. The predicted molar refractivity (Wildman–Crippen MR) is 85.5 cm³/mol. The van der Waals surface area contributed by atoms with E-state index in [2.05, 4.69) is 4.98 Å². The molecule has 1 aromatic heterocycles. The van der Waals surface area contributed by atoms with E-state index < -0.39 is 4.92 Å². The van der Waals surface area contributed by atoms with Crippen molar-refractivity contribution in [3.63, 3.8) is 0 Å². The van der Waals surface area contributed by atoms with Gasteiger partial charge in [-0.25, -0.2) is 4.98 Å². The van der Waals surface area contributed by atoms with Gasteiger partial charge in [-0.15, -0.1) is 0 Å². The van der Waals surface area contributed by atoms with Gasteiger partial charge in [-0.3, -0.25) is 10.1 Å². The monoisotopic (exact) mass is 341 g/mol. The maximum absolute atomic E-state index is 11.2. The number of nitro groups is 1. The number of rotatable bonds is 6. The van der Waals surface area contributed by atoms with Crippen LogP contribution in [0.5, 0.6) is 0 Å². The summed E-state index contributed by atoms with van der Waals surface area (Å²) in [5, 5.41) is 21.1. The zero-order valence-corrected chi connectivity index (χ0v) is 13.0. The minimum absolute atomic E-state index is 0.103. The van der Waals surface area contributed by atoms with Crippen molar-refractivity contribution in [2.45, 2.75) is 6.54 Å². The van der Waals surface area contributed by atoms with E-state index in [1.165, 1.54) is 12.1 Å². The third kappa shape index (κ3) is 3.85. The van der Waals surface area contributed by atoms with E-state index in [1.807, 2.05) is 12.1 Å². The van der Waals surface area contributed by atoms with Crippen LogP contribution in [0.3, 0.4) is 0 Å². The topological polar surface area (TPSA) is 79.5 Å². The molecule has 1 aromatic carbocycles. The molecule has 1 N–H and O–H groups in total. The van der Waals surface area contributed by atoms with Gasteiger partial charge in [-0.05, 0) is 17.7 Å². The first-order valence-electron chi connectivity index (χ1n) is 6.43. The first kappa shape index (κ1) is 16.5. The Hall–Kier alpha value is -1.89. The van der Waals surface area contributed by atoms with Crippen LogP contribution in [0.2, 0.25) is 10.2 Å². The van der Waals surface area contributed by atoms with E-state index in [-0.39, 0.29) is 36.4 Å². The van der Waals surface area contributed by atoms with Gasteiger partial charge in [0, 0.05) is 24.2 Å². The summed E-state index contributed by atoms with van der Waals surface area (Å²) in [6, 6.07) is 9.80. The molecule has 0 saturated carbocycles. The van der Waals surface area contributed by atoms with Gasteiger partial charge in [0.25, 0.3) is 0 Å². The molecule has 116 valence electrons. The molecule has 0 fully saturated rings. The number of benzene rings is 1. The molecule has 22 heavy (non-hydrogen) atoms. The minimum Gasteiger partial charge on any atom is -0.395 e. The van der Waals surface area contributed by atoms with Crippen molar-refractivity contribution in [2.75, 3.05) is 18.1 Å². The molecule has 0 amide bonds. The van der Waals surface area contributed by atoms with E-state index >= 15 is 0 Å². The Balaban J connectivity index is 2.42. The van der Waals surface area contributed by atoms with Crippen molar-refractivity contribution < 1.29 is 10.0 Å². The Labute approximate surface area is 137 Å². The Morgan fingerprint density at radius 2 is 1.95 bits per heavy atom. The molecule has 8 heteroatoms. The fourth-order valence-corrected chi connectivity index (χ4v) is 2.34. The van der Waals surface area contributed by atoms with Crippen LogP contribution in [0.1, 0.15) is 5.56 Å². The van der Waals surface area contributed by atoms with Crippen LogP contribution in [0.15, 0.2) is 36.4 Å². The maximum Gasteiger partial charge on any atom is 0.311 e. The average Bonchev–Trinajstić information content (AvgIpc) is 2.48. The van der Waals surface area contributed by atoms with Gasteiger partial charge >= 0.3 is 5.69 Å². The van der Waals surface area contributed by atoms with Crippen LogP contribution in [0.25, 0.3) is 0 Å². The molecule has 0 radical (unpaired) electrons. The first-order chi connectivity index (χ1) is 10.5. The molecular weight excluding hydrogens is 329 g/mol. The third-order valence-electron chi connectivity index (χ3n) is 3.01. The van der Waals surface area contributed by atoms with E-state index in [1.54, 1.807) is 17.0 Å². The number of aliphatic hydroxyl groups is 1. The standard InChI is InChI=1S/C14H13Cl2N3O3/c15-11-4-2-1-3-10(11)9-18(7-8-20)14-12(19(21)22)5-6-13(16)17-14/h1-6,20H,7-9H2. The summed E-state index contributed by atoms with van der Waals surface area (Å²) in [5.41, 5.74) is 0.596. The highest BCUT2D eigenvalue weighted by atomic mass is 35.5. The molecule has 2 aromatic rings. The van der Waals surface area contributed by atoms with E-state index in [9.17, 15) is 15.2 Å². The quantitative estimate of drug-likeness (QED) is 0.495. The average molecular weight is 342 g/mol. The first-order valence-corrected chi connectivity index (χ1v) is 7.18. The number of halogens is 2. The molecule has 0 spiro atoms. The van der Waals surface area contributed by atoms with Gasteiger partial charge < -0.3 is 10.0 Å². The Kier molecular flexibility index (Phi) is 5.54. The number of hydrogen-bond donors (Lipinski definition) is 1. The van der Waals surface area contributed by atoms with Crippen LogP contribution in [-0.4, -0.2) is 28.2 Å². The fraction of sp³-hybridized carbons (Fsp3) is 0.214. The minimum atomic E-state index is -0.532. The Bertz CT molecular complexity index is 682. The SMILES string of the molecule is O=[N+]([O-])c1ccc(Cl)nc1N(CCO)Cc1ccccc1Cl. The number of hydrogen-bond acceptors (Lipinski definition) is 5. The van der Waals surface area contributed by atoms with Crippen molar-refractivity contribution in [3.05, 3.63) is 62.3 Å². The molecule has 0 aliphatic heterocycles. The van der Waals surface area contributed by atoms with Gasteiger partial charge in [0.2, 0.25) is 5.82 Å². The van der Waals surface area contributed by atoms with Gasteiger partial charge in [0.15, 0.2) is 0 Å².